The van der Waals surface area contributed by atoms with Crippen molar-refractivity contribution in [3.63, 3.8) is 0 Å². The van der Waals surface area contributed by atoms with Gasteiger partial charge in [0.05, 0.1) is 13.2 Å². The molecule has 2 N–H and O–H groups in total. The van der Waals surface area contributed by atoms with Gasteiger partial charge in [0.1, 0.15) is 6.04 Å². The third-order valence-electron chi connectivity index (χ3n) is 3.67. The second-order valence-corrected chi connectivity index (χ2v) is 5.04. The Balaban J connectivity index is 1.68. The molecule has 2 fully saturated rings. The monoisotopic (exact) mass is 242 g/mol. The molecular formula is C12H22N2O3. The fourth-order valence-electron chi connectivity index (χ4n) is 2.14. The SMILES string of the molecule is COCCC1(CNC(=O)C2COCCN2)CC1. The number of rotatable bonds is 6. The van der Waals surface area contributed by atoms with E-state index in [0.29, 0.717) is 18.6 Å². The standard InChI is InChI=1S/C12H22N2O3/c1-16-6-4-12(2-3-12)9-14-11(15)10-8-17-7-5-13-10/h10,13H,2-9H2,1H3,(H,14,15). The summed E-state index contributed by atoms with van der Waals surface area (Å²) >= 11 is 0. The molecule has 1 aliphatic heterocycles. The molecule has 98 valence electrons. The first-order chi connectivity index (χ1) is 8.26. The Labute approximate surface area is 102 Å². The van der Waals surface area contributed by atoms with Crippen molar-refractivity contribution in [3.05, 3.63) is 0 Å². The zero-order valence-corrected chi connectivity index (χ0v) is 10.5. The summed E-state index contributed by atoms with van der Waals surface area (Å²) in [5, 5.41) is 6.18. The van der Waals surface area contributed by atoms with Gasteiger partial charge in [0.15, 0.2) is 0 Å². The Bertz CT molecular complexity index is 260. The summed E-state index contributed by atoms with van der Waals surface area (Å²) in [5.74, 6) is 0.0633. The van der Waals surface area contributed by atoms with Gasteiger partial charge in [0.2, 0.25) is 5.91 Å². The minimum Gasteiger partial charge on any atom is -0.385 e. The molecule has 5 heteroatoms. The molecule has 2 rings (SSSR count). The van der Waals surface area contributed by atoms with Gasteiger partial charge in [-0.05, 0) is 24.7 Å². The maximum atomic E-state index is 11.9. The van der Waals surface area contributed by atoms with Crippen LogP contribution in [0.3, 0.4) is 0 Å². The number of hydrogen-bond donors (Lipinski definition) is 2. The summed E-state index contributed by atoms with van der Waals surface area (Å²) in [7, 11) is 1.72. The second-order valence-electron chi connectivity index (χ2n) is 5.04. The molecule has 1 amide bonds. The van der Waals surface area contributed by atoms with Crippen molar-refractivity contribution in [3.8, 4) is 0 Å². The molecule has 2 aliphatic rings. The smallest absolute Gasteiger partial charge is 0.239 e. The van der Waals surface area contributed by atoms with Gasteiger partial charge < -0.3 is 20.1 Å². The third-order valence-corrected chi connectivity index (χ3v) is 3.67. The van der Waals surface area contributed by atoms with E-state index in [1.54, 1.807) is 7.11 Å². The second kappa shape index (κ2) is 5.80. The van der Waals surface area contributed by atoms with Crippen LogP contribution in [0.5, 0.6) is 0 Å². The van der Waals surface area contributed by atoms with Crippen molar-refractivity contribution in [2.75, 3.05) is 40.0 Å². The zero-order chi connectivity index (χ0) is 12.1. The van der Waals surface area contributed by atoms with Crippen LogP contribution in [0.15, 0.2) is 0 Å². The van der Waals surface area contributed by atoms with Gasteiger partial charge in [-0.1, -0.05) is 0 Å². The lowest BCUT2D eigenvalue weighted by molar-refractivity contribution is -0.126. The van der Waals surface area contributed by atoms with Crippen LogP contribution in [0, 0.1) is 5.41 Å². The topological polar surface area (TPSA) is 59.6 Å². The van der Waals surface area contributed by atoms with Gasteiger partial charge in [-0.25, -0.2) is 0 Å². The number of carbonyl (C=O) groups is 1. The van der Waals surface area contributed by atoms with Crippen molar-refractivity contribution in [2.45, 2.75) is 25.3 Å². The Morgan fingerprint density at radius 2 is 2.41 bits per heavy atom. The first-order valence-corrected chi connectivity index (χ1v) is 6.34. The summed E-state index contributed by atoms with van der Waals surface area (Å²) < 4.78 is 10.4. The van der Waals surface area contributed by atoms with Crippen LogP contribution in [0.2, 0.25) is 0 Å². The molecule has 1 heterocycles. The van der Waals surface area contributed by atoms with Gasteiger partial charge in [-0.15, -0.1) is 0 Å². The van der Waals surface area contributed by atoms with Crippen LogP contribution < -0.4 is 10.6 Å². The lowest BCUT2D eigenvalue weighted by Gasteiger charge is -2.24. The van der Waals surface area contributed by atoms with Crippen LogP contribution in [0.4, 0.5) is 0 Å². The maximum Gasteiger partial charge on any atom is 0.239 e. The van der Waals surface area contributed by atoms with Gasteiger partial charge in [-0.3, -0.25) is 4.79 Å². The number of hydrogen-bond acceptors (Lipinski definition) is 4. The van der Waals surface area contributed by atoms with E-state index in [4.69, 9.17) is 9.47 Å². The molecule has 1 unspecified atom stereocenters. The predicted molar refractivity (Wildman–Crippen MR) is 63.8 cm³/mol. The highest BCUT2D eigenvalue weighted by molar-refractivity contribution is 5.82. The van der Waals surface area contributed by atoms with Crippen molar-refractivity contribution in [2.24, 2.45) is 5.41 Å². The molecule has 17 heavy (non-hydrogen) atoms. The molecule has 5 nitrogen and oxygen atoms in total. The van der Waals surface area contributed by atoms with Crippen LogP contribution in [0.1, 0.15) is 19.3 Å². The molecule has 0 aromatic heterocycles. The molecule has 0 aromatic carbocycles. The predicted octanol–water partition coefficient (Wildman–Crippen LogP) is -0.0923. The molecule has 0 radical (unpaired) electrons. The Hall–Kier alpha value is -0.650. The number of carbonyl (C=O) groups excluding carboxylic acids is 1. The van der Waals surface area contributed by atoms with Gasteiger partial charge in [-0.2, -0.15) is 0 Å². The van der Waals surface area contributed by atoms with Crippen LogP contribution >= 0.6 is 0 Å². The summed E-state index contributed by atoms with van der Waals surface area (Å²) in [6.45, 7) is 3.49. The fraction of sp³-hybridized carbons (Fsp3) is 0.917. The van der Waals surface area contributed by atoms with E-state index in [1.165, 1.54) is 12.8 Å². The third kappa shape index (κ3) is 3.66. The zero-order valence-electron chi connectivity index (χ0n) is 10.5. The first-order valence-electron chi connectivity index (χ1n) is 6.34. The Morgan fingerprint density at radius 1 is 1.59 bits per heavy atom. The number of nitrogens with one attached hydrogen (secondary N) is 2. The fourth-order valence-corrected chi connectivity index (χ4v) is 2.14. The van der Waals surface area contributed by atoms with E-state index in [1.807, 2.05) is 0 Å². The maximum absolute atomic E-state index is 11.9. The number of morpholine rings is 1. The molecule has 1 saturated carbocycles. The molecule has 0 bridgehead atoms. The molecule has 0 aromatic rings. The van der Waals surface area contributed by atoms with Crippen molar-refractivity contribution in [1.29, 1.82) is 0 Å². The molecule has 1 aliphatic carbocycles. The molecular weight excluding hydrogens is 220 g/mol. The summed E-state index contributed by atoms with van der Waals surface area (Å²) in [5.41, 5.74) is 0.307. The van der Waals surface area contributed by atoms with E-state index in [-0.39, 0.29) is 11.9 Å². The summed E-state index contributed by atoms with van der Waals surface area (Å²) in [4.78, 5) is 11.9. The molecule has 0 spiro atoms. The van der Waals surface area contributed by atoms with Crippen LogP contribution in [0.25, 0.3) is 0 Å². The molecule has 1 saturated heterocycles. The number of methoxy groups -OCH3 is 1. The summed E-state index contributed by atoms with van der Waals surface area (Å²) in [6.07, 6.45) is 3.44. The van der Waals surface area contributed by atoms with Crippen molar-refractivity contribution < 1.29 is 14.3 Å². The van der Waals surface area contributed by atoms with Gasteiger partial charge >= 0.3 is 0 Å². The van der Waals surface area contributed by atoms with Crippen molar-refractivity contribution in [1.82, 2.24) is 10.6 Å². The van der Waals surface area contributed by atoms with E-state index in [0.717, 1.165) is 26.1 Å². The highest BCUT2D eigenvalue weighted by atomic mass is 16.5. The minimum absolute atomic E-state index is 0.0633. The Morgan fingerprint density at radius 3 is 3.00 bits per heavy atom. The lowest BCUT2D eigenvalue weighted by Crippen LogP contribution is -2.52. The largest absolute Gasteiger partial charge is 0.385 e. The average Bonchev–Trinajstić information content (AvgIpc) is 3.15. The van der Waals surface area contributed by atoms with E-state index in [9.17, 15) is 4.79 Å². The van der Waals surface area contributed by atoms with E-state index in [2.05, 4.69) is 10.6 Å². The van der Waals surface area contributed by atoms with Gasteiger partial charge in [0.25, 0.3) is 0 Å². The highest BCUT2D eigenvalue weighted by Crippen LogP contribution is 2.48. The average molecular weight is 242 g/mol. The van der Waals surface area contributed by atoms with Crippen LogP contribution in [-0.2, 0) is 14.3 Å². The quantitative estimate of drug-likeness (QED) is 0.683. The Kier molecular flexibility index (Phi) is 4.36. The highest BCUT2D eigenvalue weighted by Gasteiger charge is 2.42. The summed E-state index contributed by atoms with van der Waals surface area (Å²) in [6, 6.07) is -0.179. The van der Waals surface area contributed by atoms with E-state index < -0.39 is 0 Å². The lowest BCUT2D eigenvalue weighted by atomic mass is 10.0. The minimum atomic E-state index is -0.179. The number of amides is 1. The van der Waals surface area contributed by atoms with Gasteiger partial charge in [0, 0.05) is 26.8 Å². The normalized spacial score (nSPS) is 26.5. The van der Waals surface area contributed by atoms with Crippen molar-refractivity contribution >= 4 is 5.91 Å². The van der Waals surface area contributed by atoms with E-state index >= 15 is 0 Å². The molecule has 1 atom stereocenters. The first kappa shape index (κ1) is 12.8. The number of ether oxygens (including phenoxy) is 2. The van der Waals surface area contributed by atoms with Crippen LogP contribution in [-0.4, -0.2) is 52.0 Å².